The highest BCUT2D eigenvalue weighted by Crippen LogP contribution is 2.32. The Morgan fingerprint density at radius 1 is 1.17 bits per heavy atom. The minimum Gasteiger partial charge on any atom is -0.443 e. The van der Waals surface area contributed by atoms with Crippen molar-refractivity contribution < 1.29 is 23.5 Å². The number of aryl methyl sites for hydroxylation is 2. The van der Waals surface area contributed by atoms with Gasteiger partial charge in [0.1, 0.15) is 11.3 Å². The summed E-state index contributed by atoms with van der Waals surface area (Å²) in [5.74, 6) is -0.943. The maximum Gasteiger partial charge on any atom is 0.356 e. The molecule has 1 atom stereocenters. The summed E-state index contributed by atoms with van der Waals surface area (Å²) in [5.41, 5.74) is 1.18. The van der Waals surface area contributed by atoms with Gasteiger partial charge in [-0.1, -0.05) is 25.1 Å². The summed E-state index contributed by atoms with van der Waals surface area (Å²) in [6.07, 6.45) is 0.827. The van der Waals surface area contributed by atoms with Crippen molar-refractivity contribution in [3.63, 3.8) is 0 Å². The molecule has 0 spiro atoms. The number of cyclic esters (lactones) is 1. The average molecular weight is 392 g/mol. The topological polar surface area (TPSA) is 82.8 Å². The van der Waals surface area contributed by atoms with Crippen molar-refractivity contribution in [3.8, 4) is 5.75 Å². The molecule has 1 aliphatic heterocycles. The lowest BCUT2D eigenvalue weighted by molar-refractivity contribution is -0.155. The fourth-order valence-electron chi connectivity index (χ4n) is 3.62. The molecular weight excluding hydrogens is 372 g/mol. The molecule has 1 aliphatic rings. The van der Waals surface area contributed by atoms with Crippen LogP contribution in [0.15, 0.2) is 51.7 Å². The van der Waals surface area contributed by atoms with Gasteiger partial charge in [0.15, 0.2) is 0 Å². The second kappa shape index (κ2) is 6.88. The number of hydrogen-bond acceptors (Lipinski definition) is 6. The van der Waals surface area contributed by atoms with Gasteiger partial charge in [-0.05, 0) is 49.1 Å². The van der Waals surface area contributed by atoms with Gasteiger partial charge in [-0.3, -0.25) is 0 Å². The van der Waals surface area contributed by atoms with E-state index >= 15 is 0 Å². The van der Waals surface area contributed by atoms with Crippen LogP contribution in [-0.4, -0.2) is 17.5 Å². The summed E-state index contributed by atoms with van der Waals surface area (Å²) in [4.78, 5) is 37.1. The fourth-order valence-corrected chi connectivity index (χ4v) is 3.62. The Labute approximate surface area is 167 Å². The molecule has 0 radical (unpaired) electrons. The third-order valence-corrected chi connectivity index (χ3v) is 5.23. The zero-order valence-electron chi connectivity index (χ0n) is 16.4. The highest BCUT2D eigenvalue weighted by Gasteiger charge is 2.44. The number of ether oxygens (including phenoxy) is 2. The molecule has 3 aromatic rings. The van der Waals surface area contributed by atoms with E-state index in [1.54, 1.807) is 31.2 Å². The number of carbonyl (C=O) groups excluding carboxylic acids is 2. The molecule has 6 heteroatoms. The first-order valence-electron chi connectivity index (χ1n) is 9.41. The highest BCUT2D eigenvalue weighted by atomic mass is 16.6. The lowest BCUT2D eigenvalue weighted by Gasteiger charge is -2.32. The number of fused-ring (bicyclic) bond motifs is 2. The molecule has 29 heavy (non-hydrogen) atoms. The SMILES string of the molecule is CCc1cc2c(C)cc(=O)oc2cc1OC(=O)C1(C)Cc2ccccc2C(=O)O1. The van der Waals surface area contributed by atoms with Gasteiger partial charge >= 0.3 is 17.6 Å². The summed E-state index contributed by atoms with van der Waals surface area (Å²) in [5, 5.41) is 0.783. The first-order chi connectivity index (χ1) is 13.8. The van der Waals surface area contributed by atoms with Crippen LogP contribution in [0.25, 0.3) is 11.0 Å². The van der Waals surface area contributed by atoms with E-state index in [4.69, 9.17) is 13.9 Å². The smallest absolute Gasteiger partial charge is 0.356 e. The molecule has 0 bridgehead atoms. The predicted molar refractivity (Wildman–Crippen MR) is 106 cm³/mol. The molecule has 0 saturated heterocycles. The van der Waals surface area contributed by atoms with Crippen LogP contribution in [0.2, 0.25) is 0 Å². The summed E-state index contributed by atoms with van der Waals surface area (Å²) >= 11 is 0. The van der Waals surface area contributed by atoms with E-state index in [1.807, 2.05) is 26.0 Å². The molecule has 6 nitrogen and oxygen atoms in total. The quantitative estimate of drug-likeness (QED) is 0.384. The van der Waals surface area contributed by atoms with E-state index in [0.717, 1.165) is 22.1 Å². The van der Waals surface area contributed by atoms with E-state index < -0.39 is 23.2 Å². The van der Waals surface area contributed by atoms with Crippen LogP contribution in [0, 0.1) is 6.92 Å². The third-order valence-electron chi connectivity index (χ3n) is 5.23. The molecule has 0 saturated carbocycles. The Morgan fingerprint density at radius 3 is 2.69 bits per heavy atom. The minimum absolute atomic E-state index is 0.219. The van der Waals surface area contributed by atoms with Gasteiger partial charge < -0.3 is 13.9 Å². The molecular formula is C23H20O6. The van der Waals surface area contributed by atoms with Crippen molar-refractivity contribution in [1.29, 1.82) is 0 Å². The maximum absolute atomic E-state index is 13.0. The van der Waals surface area contributed by atoms with Crippen molar-refractivity contribution in [2.45, 2.75) is 39.2 Å². The number of hydrogen-bond donors (Lipinski definition) is 0. The summed E-state index contributed by atoms with van der Waals surface area (Å²) < 4.78 is 16.4. The number of benzene rings is 2. The van der Waals surface area contributed by atoms with E-state index in [0.29, 0.717) is 17.6 Å². The van der Waals surface area contributed by atoms with Crippen LogP contribution >= 0.6 is 0 Å². The Balaban J connectivity index is 1.70. The first-order valence-corrected chi connectivity index (χ1v) is 9.41. The summed E-state index contributed by atoms with van der Waals surface area (Å²) in [6.45, 7) is 5.30. The van der Waals surface area contributed by atoms with Crippen molar-refractivity contribution >= 4 is 22.9 Å². The Hall–Kier alpha value is -3.41. The molecule has 2 aromatic carbocycles. The van der Waals surface area contributed by atoms with Gasteiger partial charge in [-0.25, -0.2) is 14.4 Å². The van der Waals surface area contributed by atoms with Gasteiger partial charge in [-0.2, -0.15) is 0 Å². The largest absolute Gasteiger partial charge is 0.443 e. The van der Waals surface area contributed by atoms with Gasteiger partial charge in [0.25, 0.3) is 0 Å². The lowest BCUT2D eigenvalue weighted by atomic mass is 9.90. The Morgan fingerprint density at radius 2 is 1.93 bits per heavy atom. The zero-order chi connectivity index (χ0) is 20.8. The highest BCUT2D eigenvalue weighted by molar-refractivity contribution is 5.97. The third kappa shape index (κ3) is 3.31. The summed E-state index contributed by atoms with van der Waals surface area (Å²) in [7, 11) is 0. The molecule has 0 N–H and O–H groups in total. The van der Waals surface area contributed by atoms with Crippen LogP contribution in [0.5, 0.6) is 5.75 Å². The number of carbonyl (C=O) groups is 2. The molecule has 2 heterocycles. The van der Waals surface area contributed by atoms with Gasteiger partial charge in [0, 0.05) is 23.9 Å². The van der Waals surface area contributed by atoms with Gasteiger partial charge in [-0.15, -0.1) is 0 Å². The van der Waals surface area contributed by atoms with Gasteiger partial charge in [0.05, 0.1) is 5.56 Å². The van der Waals surface area contributed by atoms with Crippen molar-refractivity contribution in [3.05, 3.63) is 75.1 Å². The van der Waals surface area contributed by atoms with E-state index in [2.05, 4.69) is 0 Å². The monoisotopic (exact) mass is 392 g/mol. The van der Waals surface area contributed by atoms with Crippen LogP contribution in [0.1, 0.15) is 40.9 Å². The zero-order valence-corrected chi connectivity index (χ0v) is 16.4. The van der Waals surface area contributed by atoms with Gasteiger partial charge in [0.2, 0.25) is 5.60 Å². The van der Waals surface area contributed by atoms with Crippen LogP contribution < -0.4 is 10.4 Å². The van der Waals surface area contributed by atoms with Crippen LogP contribution in [0.3, 0.4) is 0 Å². The molecule has 0 fully saturated rings. The second-order valence-electron chi connectivity index (χ2n) is 7.40. The molecule has 148 valence electrons. The van der Waals surface area contributed by atoms with Crippen molar-refractivity contribution in [2.24, 2.45) is 0 Å². The van der Waals surface area contributed by atoms with Crippen LogP contribution in [0.4, 0.5) is 0 Å². The molecule has 4 rings (SSSR count). The minimum atomic E-state index is -1.45. The molecule has 0 aliphatic carbocycles. The normalized spacial score (nSPS) is 18.2. The van der Waals surface area contributed by atoms with E-state index in [-0.39, 0.29) is 12.2 Å². The standard InChI is InChI=1S/C23H20O6/c1-4-14-10-17-13(2)9-20(24)27-19(17)11-18(14)28-22(26)23(3)12-15-7-5-6-8-16(15)21(25)29-23/h5-11H,4,12H2,1-3H3. The summed E-state index contributed by atoms with van der Waals surface area (Å²) in [6, 6.07) is 11.8. The predicted octanol–water partition coefficient (Wildman–Crippen LogP) is 3.74. The molecule has 0 amide bonds. The first kappa shape index (κ1) is 18.9. The van der Waals surface area contributed by atoms with E-state index in [9.17, 15) is 14.4 Å². The van der Waals surface area contributed by atoms with Crippen LogP contribution in [-0.2, 0) is 22.4 Å². The Kier molecular flexibility index (Phi) is 4.49. The number of rotatable bonds is 3. The molecule has 1 aromatic heterocycles. The van der Waals surface area contributed by atoms with E-state index in [1.165, 1.54) is 6.07 Å². The Bertz CT molecular complexity index is 1210. The fraction of sp³-hybridized carbons (Fsp3) is 0.261. The maximum atomic E-state index is 13.0. The van der Waals surface area contributed by atoms with Crippen molar-refractivity contribution in [2.75, 3.05) is 0 Å². The lowest BCUT2D eigenvalue weighted by Crippen LogP contribution is -2.48. The molecule has 1 unspecified atom stereocenters. The number of esters is 2. The second-order valence-corrected chi connectivity index (χ2v) is 7.40. The average Bonchev–Trinajstić information content (AvgIpc) is 2.67. The van der Waals surface area contributed by atoms with Crippen molar-refractivity contribution in [1.82, 2.24) is 0 Å².